The number of aldehydes is 1. The molecule has 0 atom stereocenters. The molecule has 3 rings (SSSR count). The maximum atomic E-state index is 12.3. The summed E-state index contributed by atoms with van der Waals surface area (Å²) in [5, 5.41) is 4.02. The summed E-state index contributed by atoms with van der Waals surface area (Å²) >= 11 is 1.41. The van der Waals surface area contributed by atoms with Crippen LogP contribution in [0.5, 0.6) is 0 Å². The van der Waals surface area contributed by atoms with Gasteiger partial charge in [-0.3, -0.25) is 14.3 Å². The van der Waals surface area contributed by atoms with Gasteiger partial charge in [-0.15, -0.1) is 11.3 Å². The van der Waals surface area contributed by atoms with Crippen molar-refractivity contribution in [3.63, 3.8) is 0 Å². The van der Waals surface area contributed by atoms with Gasteiger partial charge in [0.2, 0.25) is 5.78 Å². The minimum absolute atomic E-state index is 0.0836. The SMILES string of the molecule is O=CCCn1ccc(C(=O)C(=O)c2ccc3ncsc3c2)n1. The van der Waals surface area contributed by atoms with Crippen molar-refractivity contribution >= 4 is 39.4 Å². The lowest BCUT2D eigenvalue weighted by Gasteiger charge is -1.99. The molecule has 0 saturated heterocycles. The summed E-state index contributed by atoms with van der Waals surface area (Å²) in [6.07, 6.45) is 2.67. The van der Waals surface area contributed by atoms with Crippen LogP contribution < -0.4 is 0 Å². The number of thiazole rings is 1. The maximum absolute atomic E-state index is 12.3. The van der Waals surface area contributed by atoms with E-state index in [1.807, 2.05) is 0 Å². The number of carbonyl (C=O) groups is 3. The van der Waals surface area contributed by atoms with Gasteiger partial charge in [-0.05, 0) is 24.3 Å². The minimum atomic E-state index is -0.659. The van der Waals surface area contributed by atoms with Crippen LogP contribution in [-0.2, 0) is 11.3 Å². The highest BCUT2D eigenvalue weighted by Crippen LogP contribution is 2.20. The number of hydrogen-bond acceptors (Lipinski definition) is 6. The topological polar surface area (TPSA) is 81.9 Å². The highest BCUT2D eigenvalue weighted by atomic mass is 32.1. The van der Waals surface area contributed by atoms with Crippen LogP contribution in [0.3, 0.4) is 0 Å². The van der Waals surface area contributed by atoms with Gasteiger partial charge in [0.05, 0.1) is 15.7 Å². The van der Waals surface area contributed by atoms with Crippen LogP contribution in [-0.4, -0.2) is 32.6 Å². The first-order valence-corrected chi connectivity index (χ1v) is 7.46. The molecule has 6 nitrogen and oxygen atoms in total. The Balaban J connectivity index is 1.82. The van der Waals surface area contributed by atoms with E-state index in [9.17, 15) is 14.4 Å². The van der Waals surface area contributed by atoms with Crippen molar-refractivity contribution in [2.75, 3.05) is 0 Å². The lowest BCUT2D eigenvalue weighted by Crippen LogP contribution is -2.15. The fourth-order valence-electron chi connectivity index (χ4n) is 2.04. The zero-order valence-corrected chi connectivity index (χ0v) is 12.2. The van der Waals surface area contributed by atoms with Crippen LogP contribution in [0, 0.1) is 0 Å². The van der Waals surface area contributed by atoms with Crippen LogP contribution in [0.2, 0.25) is 0 Å². The number of nitrogens with zero attached hydrogens (tertiary/aromatic N) is 3. The maximum Gasteiger partial charge on any atom is 0.253 e. The van der Waals surface area contributed by atoms with Gasteiger partial charge in [-0.25, -0.2) is 4.98 Å². The molecule has 0 saturated carbocycles. The molecule has 7 heteroatoms. The van der Waals surface area contributed by atoms with E-state index < -0.39 is 11.6 Å². The number of carbonyl (C=O) groups excluding carboxylic acids is 3. The Morgan fingerprint density at radius 2 is 2.09 bits per heavy atom. The third kappa shape index (κ3) is 2.71. The molecule has 2 aromatic heterocycles. The van der Waals surface area contributed by atoms with Gasteiger partial charge >= 0.3 is 0 Å². The standard InChI is InChI=1S/C15H11N3O3S/c19-7-1-5-18-6-4-12(17-18)15(21)14(20)10-2-3-11-13(8-10)22-9-16-11/h2-4,6-9H,1,5H2. The van der Waals surface area contributed by atoms with E-state index in [0.717, 1.165) is 16.5 Å². The molecule has 2 heterocycles. The molecule has 0 N–H and O–H groups in total. The first-order valence-electron chi connectivity index (χ1n) is 6.58. The first-order chi connectivity index (χ1) is 10.7. The van der Waals surface area contributed by atoms with E-state index in [1.54, 1.807) is 29.9 Å². The van der Waals surface area contributed by atoms with Crippen molar-refractivity contribution in [2.24, 2.45) is 0 Å². The van der Waals surface area contributed by atoms with Gasteiger partial charge in [0.25, 0.3) is 5.78 Å². The molecule has 0 aliphatic carbocycles. The fraction of sp³-hybridized carbons (Fsp3) is 0.133. The Bertz CT molecular complexity index is 866. The van der Waals surface area contributed by atoms with E-state index in [-0.39, 0.29) is 5.69 Å². The molecular weight excluding hydrogens is 302 g/mol. The van der Waals surface area contributed by atoms with Gasteiger partial charge in [0, 0.05) is 24.7 Å². The Hall–Kier alpha value is -2.67. The largest absolute Gasteiger partial charge is 0.303 e. The third-order valence-corrected chi connectivity index (χ3v) is 3.94. The number of fused-ring (bicyclic) bond motifs is 1. The lowest BCUT2D eigenvalue weighted by molar-refractivity contribution is -0.108. The number of rotatable bonds is 6. The van der Waals surface area contributed by atoms with Crippen molar-refractivity contribution in [2.45, 2.75) is 13.0 Å². The molecule has 0 spiro atoms. The molecule has 0 unspecified atom stereocenters. The highest BCUT2D eigenvalue weighted by Gasteiger charge is 2.21. The number of aromatic nitrogens is 3. The zero-order valence-electron chi connectivity index (χ0n) is 11.4. The van der Waals surface area contributed by atoms with Crippen LogP contribution >= 0.6 is 11.3 Å². The molecule has 0 aliphatic heterocycles. The second-order valence-electron chi connectivity index (χ2n) is 4.61. The Labute approximate surface area is 129 Å². The second-order valence-corrected chi connectivity index (χ2v) is 5.50. The Kier molecular flexibility index (Phi) is 3.88. The quantitative estimate of drug-likeness (QED) is 0.395. The molecular formula is C15H11N3O3S. The van der Waals surface area contributed by atoms with E-state index in [1.165, 1.54) is 22.1 Å². The summed E-state index contributed by atoms with van der Waals surface area (Å²) in [5.74, 6) is -1.26. The Morgan fingerprint density at radius 1 is 1.23 bits per heavy atom. The van der Waals surface area contributed by atoms with E-state index in [2.05, 4.69) is 10.1 Å². The molecule has 0 radical (unpaired) electrons. The number of Topliss-reactive ketones (excluding diaryl/α,β-unsaturated/α-hetero) is 2. The first kappa shape index (κ1) is 14.3. The number of benzene rings is 1. The fourth-order valence-corrected chi connectivity index (χ4v) is 2.75. The van der Waals surface area contributed by atoms with Crippen molar-refractivity contribution in [3.8, 4) is 0 Å². The second kappa shape index (κ2) is 5.98. The van der Waals surface area contributed by atoms with Gasteiger partial charge in [-0.2, -0.15) is 5.10 Å². The van der Waals surface area contributed by atoms with E-state index in [0.29, 0.717) is 18.5 Å². The molecule has 110 valence electrons. The van der Waals surface area contributed by atoms with Crippen LogP contribution in [0.1, 0.15) is 27.3 Å². The summed E-state index contributed by atoms with van der Waals surface area (Å²) in [5.41, 5.74) is 2.90. The van der Waals surface area contributed by atoms with Crippen LogP contribution in [0.4, 0.5) is 0 Å². The van der Waals surface area contributed by atoms with E-state index >= 15 is 0 Å². The normalized spacial score (nSPS) is 10.7. The minimum Gasteiger partial charge on any atom is -0.303 e. The zero-order chi connectivity index (χ0) is 15.5. The highest BCUT2D eigenvalue weighted by molar-refractivity contribution is 7.16. The average Bonchev–Trinajstić information content (AvgIpc) is 3.19. The van der Waals surface area contributed by atoms with Gasteiger partial charge < -0.3 is 4.79 Å². The number of aryl methyl sites for hydroxylation is 1. The summed E-state index contributed by atoms with van der Waals surface area (Å²) in [7, 11) is 0. The number of ketones is 2. The van der Waals surface area contributed by atoms with Crippen molar-refractivity contribution in [1.29, 1.82) is 0 Å². The van der Waals surface area contributed by atoms with Crippen LogP contribution in [0.25, 0.3) is 10.2 Å². The molecule has 1 aromatic carbocycles. The molecule has 22 heavy (non-hydrogen) atoms. The van der Waals surface area contributed by atoms with Crippen molar-refractivity contribution in [3.05, 3.63) is 47.2 Å². The Morgan fingerprint density at radius 3 is 2.91 bits per heavy atom. The molecule has 3 aromatic rings. The molecule has 0 fully saturated rings. The third-order valence-electron chi connectivity index (χ3n) is 3.15. The molecule has 0 aliphatic rings. The predicted octanol–water partition coefficient (Wildman–Crippen LogP) is 2.15. The summed E-state index contributed by atoms with van der Waals surface area (Å²) < 4.78 is 2.33. The van der Waals surface area contributed by atoms with Crippen LogP contribution in [0.15, 0.2) is 36.0 Å². The lowest BCUT2D eigenvalue weighted by atomic mass is 10.1. The van der Waals surface area contributed by atoms with Gasteiger partial charge in [0.15, 0.2) is 0 Å². The summed E-state index contributed by atoms with van der Waals surface area (Å²) in [6.45, 7) is 0.387. The predicted molar refractivity (Wildman–Crippen MR) is 81.2 cm³/mol. The van der Waals surface area contributed by atoms with Crippen molar-refractivity contribution < 1.29 is 14.4 Å². The molecule has 0 bridgehead atoms. The van der Waals surface area contributed by atoms with Crippen molar-refractivity contribution in [1.82, 2.24) is 14.8 Å². The van der Waals surface area contributed by atoms with E-state index in [4.69, 9.17) is 0 Å². The molecule has 0 amide bonds. The summed E-state index contributed by atoms with van der Waals surface area (Å²) in [4.78, 5) is 38.9. The summed E-state index contributed by atoms with van der Waals surface area (Å²) in [6, 6.07) is 6.45. The number of hydrogen-bond donors (Lipinski definition) is 0. The van der Waals surface area contributed by atoms with Gasteiger partial charge in [0.1, 0.15) is 12.0 Å². The van der Waals surface area contributed by atoms with Gasteiger partial charge in [-0.1, -0.05) is 0 Å². The smallest absolute Gasteiger partial charge is 0.253 e. The monoisotopic (exact) mass is 313 g/mol. The average molecular weight is 313 g/mol.